The van der Waals surface area contributed by atoms with Gasteiger partial charge in [-0.15, -0.1) is 0 Å². The summed E-state index contributed by atoms with van der Waals surface area (Å²) in [6.07, 6.45) is 0.269. The zero-order chi connectivity index (χ0) is 8.93. The van der Waals surface area contributed by atoms with Crippen molar-refractivity contribution < 1.29 is 14.7 Å². The van der Waals surface area contributed by atoms with Gasteiger partial charge in [-0.1, -0.05) is 0 Å². The molecule has 66 valence electrons. The lowest BCUT2D eigenvalue weighted by atomic mass is 10.0. The summed E-state index contributed by atoms with van der Waals surface area (Å²) in [4.78, 5) is 24.3. The van der Waals surface area contributed by atoms with Crippen molar-refractivity contribution in [2.75, 3.05) is 13.1 Å². The fraction of sp³-hybridized carbons (Fsp3) is 0.750. The minimum Gasteiger partial charge on any atom is -0.382 e. The first-order valence-electron chi connectivity index (χ1n) is 4.07. The highest BCUT2D eigenvalue weighted by Crippen LogP contribution is 2.29. The number of rotatable bonds is 1. The molecule has 0 amide bonds. The van der Waals surface area contributed by atoms with Crippen LogP contribution in [0.1, 0.15) is 13.3 Å². The Morgan fingerprint density at radius 2 is 2.08 bits per heavy atom. The number of aliphatic hydroxyl groups is 1. The molecule has 0 spiro atoms. The monoisotopic (exact) mass is 169 g/mol. The Hall–Kier alpha value is -0.740. The van der Waals surface area contributed by atoms with E-state index in [1.165, 1.54) is 6.92 Å². The average Bonchev–Trinajstić information content (AvgIpc) is 2.76. The third-order valence-corrected chi connectivity index (χ3v) is 2.53. The van der Waals surface area contributed by atoms with Gasteiger partial charge in [-0.2, -0.15) is 0 Å². The van der Waals surface area contributed by atoms with Gasteiger partial charge in [0.2, 0.25) is 11.6 Å². The van der Waals surface area contributed by atoms with E-state index in [1.54, 1.807) is 0 Å². The second-order valence-corrected chi connectivity index (χ2v) is 3.72. The summed E-state index contributed by atoms with van der Waals surface area (Å²) in [5.41, 5.74) is -1.41. The molecule has 1 N–H and O–H groups in total. The highest BCUT2D eigenvalue weighted by Gasteiger charge is 2.52. The van der Waals surface area contributed by atoms with Crippen LogP contribution in [0.5, 0.6) is 0 Å². The first-order valence-corrected chi connectivity index (χ1v) is 4.07. The summed E-state index contributed by atoms with van der Waals surface area (Å²) in [7, 11) is 0. The molecule has 1 heterocycles. The van der Waals surface area contributed by atoms with Crippen LogP contribution in [-0.4, -0.2) is 46.3 Å². The first-order chi connectivity index (χ1) is 5.52. The molecule has 1 aliphatic carbocycles. The maximum atomic E-state index is 11.3. The van der Waals surface area contributed by atoms with Crippen LogP contribution in [-0.2, 0) is 9.59 Å². The van der Waals surface area contributed by atoms with Gasteiger partial charge in [0.05, 0.1) is 6.04 Å². The highest BCUT2D eigenvalue weighted by molar-refractivity contribution is 6.44. The molecule has 0 radical (unpaired) electrons. The van der Waals surface area contributed by atoms with Crippen molar-refractivity contribution in [2.45, 2.75) is 25.0 Å². The standard InChI is InChI=1S/C8H11NO3/c1-8(12)4-5(9-2-3-9)6(10)7(8)11/h5,12H,2-4H2,1H3. The van der Waals surface area contributed by atoms with Crippen LogP contribution in [0.2, 0.25) is 0 Å². The number of carbonyl (C=O) groups excluding carboxylic acids is 2. The molecule has 4 nitrogen and oxygen atoms in total. The normalized spacial score (nSPS) is 42.3. The van der Waals surface area contributed by atoms with Gasteiger partial charge in [0.25, 0.3) is 0 Å². The van der Waals surface area contributed by atoms with Crippen LogP contribution < -0.4 is 0 Å². The molecular weight excluding hydrogens is 158 g/mol. The topological polar surface area (TPSA) is 57.4 Å². The zero-order valence-corrected chi connectivity index (χ0v) is 6.91. The molecule has 2 atom stereocenters. The van der Waals surface area contributed by atoms with Crippen LogP contribution in [0.3, 0.4) is 0 Å². The van der Waals surface area contributed by atoms with Crippen LogP contribution in [0.15, 0.2) is 0 Å². The second kappa shape index (κ2) is 2.14. The number of hydrogen-bond acceptors (Lipinski definition) is 4. The molecule has 0 aromatic carbocycles. The van der Waals surface area contributed by atoms with E-state index in [4.69, 9.17) is 0 Å². The minimum absolute atomic E-state index is 0.269. The number of carbonyl (C=O) groups is 2. The fourth-order valence-corrected chi connectivity index (χ4v) is 1.64. The molecule has 0 aromatic heterocycles. The van der Waals surface area contributed by atoms with Gasteiger partial charge in [-0.3, -0.25) is 14.5 Å². The predicted molar refractivity (Wildman–Crippen MR) is 40.6 cm³/mol. The lowest BCUT2D eigenvalue weighted by Gasteiger charge is -2.12. The van der Waals surface area contributed by atoms with Crippen molar-refractivity contribution >= 4 is 11.6 Å². The zero-order valence-electron chi connectivity index (χ0n) is 6.91. The van der Waals surface area contributed by atoms with Crippen molar-refractivity contribution in [2.24, 2.45) is 0 Å². The van der Waals surface area contributed by atoms with Crippen molar-refractivity contribution in [3.8, 4) is 0 Å². The lowest BCUT2D eigenvalue weighted by Crippen LogP contribution is -2.32. The maximum Gasteiger partial charge on any atom is 0.231 e. The molecule has 0 aromatic rings. The molecule has 4 heteroatoms. The van der Waals surface area contributed by atoms with Crippen molar-refractivity contribution in [3.63, 3.8) is 0 Å². The number of hydrogen-bond donors (Lipinski definition) is 1. The molecule has 0 bridgehead atoms. The Bertz CT molecular complexity index is 255. The third-order valence-electron chi connectivity index (χ3n) is 2.53. The number of Topliss-reactive ketones (excluding diaryl/α,β-unsaturated/α-hetero) is 2. The third kappa shape index (κ3) is 0.990. The summed E-state index contributed by atoms with van der Waals surface area (Å²) in [5, 5.41) is 9.48. The van der Waals surface area contributed by atoms with Crippen molar-refractivity contribution in [1.82, 2.24) is 4.90 Å². The van der Waals surface area contributed by atoms with Gasteiger partial charge in [-0.05, 0) is 6.92 Å². The van der Waals surface area contributed by atoms with Gasteiger partial charge in [-0.25, -0.2) is 0 Å². The summed E-state index contributed by atoms with van der Waals surface area (Å²) in [6, 6.07) is -0.340. The van der Waals surface area contributed by atoms with Crippen molar-refractivity contribution in [1.29, 1.82) is 0 Å². The Morgan fingerprint density at radius 1 is 1.50 bits per heavy atom. The Balaban J connectivity index is 2.21. The highest BCUT2D eigenvalue weighted by atomic mass is 16.3. The molecule has 1 saturated heterocycles. The molecule has 2 fully saturated rings. The van der Waals surface area contributed by atoms with E-state index in [-0.39, 0.29) is 12.5 Å². The SMILES string of the molecule is CC1(O)CC(N2CC2)C(=O)C1=O. The Kier molecular flexibility index (Phi) is 1.41. The summed E-state index contributed by atoms with van der Waals surface area (Å²) >= 11 is 0. The van der Waals surface area contributed by atoms with Crippen LogP contribution in [0.25, 0.3) is 0 Å². The average molecular weight is 169 g/mol. The molecule has 2 rings (SSSR count). The quantitative estimate of drug-likeness (QED) is 0.402. The first kappa shape index (κ1) is 7.89. The van der Waals surface area contributed by atoms with Crippen LogP contribution in [0.4, 0.5) is 0 Å². The van der Waals surface area contributed by atoms with Crippen LogP contribution >= 0.6 is 0 Å². The summed E-state index contributed by atoms with van der Waals surface area (Å²) in [5.74, 6) is -1.04. The Morgan fingerprint density at radius 3 is 2.42 bits per heavy atom. The molecule has 1 saturated carbocycles. The largest absolute Gasteiger partial charge is 0.382 e. The van der Waals surface area contributed by atoms with Gasteiger partial charge in [0.15, 0.2) is 0 Å². The summed E-state index contributed by atoms with van der Waals surface area (Å²) in [6.45, 7) is 3.16. The fourth-order valence-electron chi connectivity index (χ4n) is 1.64. The van der Waals surface area contributed by atoms with Gasteiger partial charge in [0, 0.05) is 19.5 Å². The molecule has 12 heavy (non-hydrogen) atoms. The van der Waals surface area contributed by atoms with E-state index in [1.807, 2.05) is 4.90 Å². The van der Waals surface area contributed by atoms with E-state index in [9.17, 15) is 14.7 Å². The van der Waals surface area contributed by atoms with E-state index in [0.717, 1.165) is 13.1 Å². The lowest BCUT2D eigenvalue weighted by molar-refractivity contribution is -0.142. The number of ketones is 2. The van der Waals surface area contributed by atoms with Gasteiger partial charge in [0.1, 0.15) is 5.60 Å². The summed E-state index contributed by atoms with van der Waals surface area (Å²) < 4.78 is 0. The smallest absolute Gasteiger partial charge is 0.231 e. The van der Waals surface area contributed by atoms with E-state index in [2.05, 4.69) is 0 Å². The van der Waals surface area contributed by atoms with E-state index >= 15 is 0 Å². The van der Waals surface area contributed by atoms with Gasteiger partial charge < -0.3 is 5.11 Å². The predicted octanol–water partition coefficient (Wildman–Crippen LogP) is -1.04. The maximum absolute atomic E-state index is 11.3. The number of nitrogens with zero attached hydrogens (tertiary/aromatic N) is 1. The van der Waals surface area contributed by atoms with Crippen molar-refractivity contribution in [3.05, 3.63) is 0 Å². The molecule has 2 aliphatic rings. The molecular formula is C8H11NO3. The molecule has 1 aliphatic heterocycles. The van der Waals surface area contributed by atoms with Gasteiger partial charge >= 0.3 is 0 Å². The van der Waals surface area contributed by atoms with Crippen LogP contribution in [0, 0.1) is 0 Å². The Labute approximate surface area is 70.2 Å². The van der Waals surface area contributed by atoms with E-state index in [0.29, 0.717) is 0 Å². The molecule has 2 unspecified atom stereocenters. The van der Waals surface area contributed by atoms with E-state index < -0.39 is 17.2 Å². The second-order valence-electron chi connectivity index (χ2n) is 3.72. The minimum atomic E-state index is -1.41.